The van der Waals surface area contributed by atoms with Crippen LogP contribution in [-0.4, -0.2) is 27.0 Å². The molecule has 1 rings (SSSR count). The quantitative estimate of drug-likeness (QED) is 0.704. The molecule has 5 nitrogen and oxygen atoms in total. The van der Waals surface area contributed by atoms with Crippen LogP contribution in [0.25, 0.3) is 0 Å². The number of hydrogen-bond donors (Lipinski definition) is 1. The summed E-state index contributed by atoms with van der Waals surface area (Å²) in [5.41, 5.74) is 0. The van der Waals surface area contributed by atoms with Gasteiger partial charge in [0, 0.05) is 6.42 Å². The highest BCUT2D eigenvalue weighted by Crippen LogP contribution is 2.15. The largest absolute Gasteiger partial charge is 0.481 e. The Morgan fingerprint density at radius 3 is 2.92 bits per heavy atom. The van der Waals surface area contributed by atoms with Crippen molar-refractivity contribution in [2.75, 3.05) is 5.75 Å². The Morgan fingerprint density at radius 1 is 1.67 bits per heavy atom. The molecule has 0 saturated carbocycles. The monoisotopic (exact) mass is 188 g/mol. The second-order valence-corrected chi connectivity index (χ2v) is 2.92. The Bertz CT molecular complexity index is 274. The summed E-state index contributed by atoms with van der Waals surface area (Å²) in [5, 5.41) is 16.0. The fourth-order valence-electron chi connectivity index (χ4n) is 0.563. The second kappa shape index (κ2) is 4.10. The van der Waals surface area contributed by atoms with Gasteiger partial charge in [0.05, 0.1) is 0 Å². The van der Waals surface area contributed by atoms with Gasteiger partial charge in [-0.25, -0.2) is 0 Å². The van der Waals surface area contributed by atoms with Crippen LogP contribution in [0.15, 0.2) is 9.64 Å². The molecule has 0 fully saturated rings. The van der Waals surface area contributed by atoms with Crippen LogP contribution in [0.5, 0.6) is 0 Å². The van der Waals surface area contributed by atoms with Crippen LogP contribution in [0, 0.1) is 0 Å². The Kier molecular flexibility index (Phi) is 3.09. The zero-order valence-corrected chi connectivity index (χ0v) is 7.30. The van der Waals surface area contributed by atoms with Gasteiger partial charge in [-0.2, -0.15) is 0 Å². The maximum Gasteiger partial charge on any atom is 0.314 e. The average Bonchev–Trinajstić information content (AvgIpc) is 2.48. The van der Waals surface area contributed by atoms with Gasteiger partial charge in [-0.15, -0.1) is 10.2 Å². The van der Waals surface area contributed by atoms with E-state index < -0.39 is 5.97 Å². The number of hydrogen-bond acceptors (Lipinski definition) is 5. The molecule has 0 bridgehead atoms. The summed E-state index contributed by atoms with van der Waals surface area (Å²) in [5.74, 6) is -0.412. The number of aliphatic carboxylic acids is 1. The van der Waals surface area contributed by atoms with E-state index in [4.69, 9.17) is 9.52 Å². The molecule has 1 N–H and O–H groups in total. The molecular weight excluding hydrogens is 180 g/mol. The minimum absolute atomic E-state index is 0.0503. The van der Waals surface area contributed by atoms with E-state index in [-0.39, 0.29) is 5.75 Å². The highest BCUT2D eigenvalue weighted by Gasteiger charge is 2.06. The molecule has 1 aromatic heterocycles. The number of aryl methyl sites for hydroxylation is 1. The van der Waals surface area contributed by atoms with Gasteiger partial charge >= 0.3 is 5.97 Å². The fourth-order valence-corrected chi connectivity index (χ4v) is 1.06. The van der Waals surface area contributed by atoms with E-state index in [2.05, 4.69) is 10.2 Å². The van der Waals surface area contributed by atoms with Crippen molar-refractivity contribution in [3.8, 4) is 0 Å². The summed E-state index contributed by atoms with van der Waals surface area (Å²) < 4.78 is 5.06. The first kappa shape index (κ1) is 9.05. The first-order valence-electron chi connectivity index (χ1n) is 3.39. The van der Waals surface area contributed by atoms with Crippen molar-refractivity contribution in [1.29, 1.82) is 0 Å². The molecule has 12 heavy (non-hydrogen) atoms. The van der Waals surface area contributed by atoms with Crippen molar-refractivity contribution in [2.45, 2.75) is 18.6 Å². The predicted octanol–water partition coefficient (Wildman–Crippen LogP) is 0.809. The number of carboxylic acid groups (broad SMARTS) is 1. The number of carbonyl (C=O) groups is 1. The van der Waals surface area contributed by atoms with Crippen LogP contribution in [0.1, 0.15) is 12.8 Å². The zero-order chi connectivity index (χ0) is 8.97. The Hall–Kier alpha value is -1.04. The van der Waals surface area contributed by atoms with Gasteiger partial charge in [0.25, 0.3) is 5.22 Å². The number of rotatable bonds is 4. The van der Waals surface area contributed by atoms with Gasteiger partial charge in [0.1, 0.15) is 5.75 Å². The first-order chi connectivity index (χ1) is 5.72. The SMILES string of the molecule is CCc1nnc(SCC(=O)O)o1. The van der Waals surface area contributed by atoms with Gasteiger partial charge in [-0.1, -0.05) is 18.7 Å². The molecule has 1 heterocycles. The molecule has 0 aliphatic heterocycles. The van der Waals surface area contributed by atoms with Crippen molar-refractivity contribution in [3.63, 3.8) is 0 Å². The lowest BCUT2D eigenvalue weighted by molar-refractivity contribution is -0.133. The highest BCUT2D eigenvalue weighted by molar-refractivity contribution is 7.99. The molecule has 0 radical (unpaired) electrons. The maximum atomic E-state index is 10.1. The lowest BCUT2D eigenvalue weighted by atomic mass is 10.5. The minimum Gasteiger partial charge on any atom is -0.481 e. The van der Waals surface area contributed by atoms with Gasteiger partial charge < -0.3 is 9.52 Å². The standard InChI is InChI=1S/C6H8N2O3S/c1-2-4-7-8-6(11-4)12-3-5(9)10/h2-3H2,1H3,(H,9,10). The van der Waals surface area contributed by atoms with Gasteiger partial charge in [0.2, 0.25) is 5.89 Å². The molecule has 0 atom stereocenters. The van der Waals surface area contributed by atoms with Crippen molar-refractivity contribution in [3.05, 3.63) is 5.89 Å². The fraction of sp³-hybridized carbons (Fsp3) is 0.500. The second-order valence-electron chi connectivity index (χ2n) is 2.00. The van der Waals surface area contributed by atoms with Crippen LogP contribution in [-0.2, 0) is 11.2 Å². The summed E-state index contributed by atoms with van der Waals surface area (Å²) in [6.45, 7) is 1.89. The van der Waals surface area contributed by atoms with Crippen LogP contribution < -0.4 is 0 Å². The molecule has 0 saturated heterocycles. The number of aromatic nitrogens is 2. The van der Waals surface area contributed by atoms with Crippen LogP contribution >= 0.6 is 11.8 Å². The molecule has 0 aliphatic rings. The lowest BCUT2D eigenvalue weighted by Crippen LogP contribution is -1.97. The topological polar surface area (TPSA) is 76.2 Å². The van der Waals surface area contributed by atoms with E-state index in [1.165, 1.54) is 0 Å². The summed E-state index contributed by atoms with van der Waals surface area (Å²) in [7, 11) is 0. The third kappa shape index (κ3) is 2.54. The van der Waals surface area contributed by atoms with Crippen LogP contribution in [0.2, 0.25) is 0 Å². The molecule has 6 heteroatoms. The summed E-state index contributed by atoms with van der Waals surface area (Å²) in [4.78, 5) is 10.1. The highest BCUT2D eigenvalue weighted by atomic mass is 32.2. The van der Waals surface area contributed by atoms with E-state index in [0.717, 1.165) is 11.8 Å². The molecule has 0 aromatic carbocycles. The predicted molar refractivity (Wildman–Crippen MR) is 42.0 cm³/mol. The van der Waals surface area contributed by atoms with Gasteiger partial charge in [-0.05, 0) is 0 Å². The van der Waals surface area contributed by atoms with Crippen LogP contribution in [0.3, 0.4) is 0 Å². The normalized spacial score (nSPS) is 10.1. The zero-order valence-electron chi connectivity index (χ0n) is 6.48. The van der Waals surface area contributed by atoms with E-state index in [1.807, 2.05) is 6.92 Å². The third-order valence-electron chi connectivity index (χ3n) is 1.07. The molecule has 0 amide bonds. The molecule has 0 unspecified atom stereocenters. The summed E-state index contributed by atoms with van der Waals surface area (Å²) >= 11 is 1.02. The van der Waals surface area contributed by atoms with Crippen LogP contribution in [0.4, 0.5) is 0 Å². The van der Waals surface area contributed by atoms with Crippen molar-refractivity contribution >= 4 is 17.7 Å². The molecule has 0 spiro atoms. The third-order valence-corrected chi connectivity index (χ3v) is 1.87. The van der Waals surface area contributed by atoms with E-state index in [1.54, 1.807) is 0 Å². The molecular formula is C6H8N2O3S. The molecule has 1 aromatic rings. The lowest BCUT2D eigenvalue weighted by Gasteiger charge is -1.87. The Morgan fingerprint density at radius 2 is 2.42 bits per heavy atom. The van der Waals surface area contributed by atoms with Gasteiger partial charge in [-0.3, -0.25) is 4.79 Å². The van der Waals surface area contributed by atoms with Gasteiger partial charge in [0.15, 0.2) is 0 Å². The average molecular weight is 188 g/mol. The van der Waals surface area contributed by atoms with Crippen molar-refractivity contribution in [2.24, 2.45) is 0 Å². The summed E-state index contributed by atoms with van der Waals surface area (Å²) in [6.07, 6.45) is 0.667. The number of thioether (sulfide) groups is 1. The van der Waals surface area contributed by atoms with Crippen molar-refractivity contribution in [1.82, 2.24) is 10.2 Å². The van der Waals surface area contributed by atoms with Crippen molar-refractivity contribution < 1.29 is 14.3 Å². The summed E-state index contributed by atoms with van der Waals surface area (Å²) in [6, 6.07) is 0. The molecule has 0 aliphatic carbocycles. The molecule has 66 valence electrons. The smallest absolute Gasteiger partial charge is 0.314 e. The van der Waals surface area contributed by atoms with E-state index in [9.17, 15) is 4.79 Å². The minimum atomic E-state index is -0.892. The van der Waals surface area contributed by atoms with E-state index in [0.29, 0.717) is 17.5 Å². The number of carboxylic acids is 1. The Labute approximate surface area is 73.2 Å². The maximum absolute atomic E-state index is 10.1. The number of nitrogens with zero attached hydrogens (tertiary/aromatic N) is 2. The van der Waals surface area contributed by atoms with E-state index >= 15 is 0 Å². The first-order valence-corrected chi connectivity index (χ1v) is 4.38. The Balaban J connectivity index is 2.47.